The molecular weight excluding hydrogens is 238 g/mol. The summed E-state index contributed by atoms with van der Waals surface area (Å²) in [7, 11) is 0. The molecule has 0 fully saturated rings. The largest absolute Gasteiger partial charge is 0.211 e. The van der Waals surface area contributed by atoms with Crippen LogP contribution in [0, 0.1) is 18.6 Å². The summed E-state index contributed by atoms with van der Waals surface area (Å²) in [4.78, 5) is 0. The molecule has 0 bridgehead atoms. The highest BCUT2D eigenvalue weighted by molar-refractivity contribution is 5.61. The molecule has 3 aromatic rings. The van der Waals surface area contributed by atoms with Crippen molar-refractivity contribution >= 4 is 5.52 Å². The lowest BCUT2D eigenvalue weighted by Gasteiger charge is -2.05. The van der Waals surface area contributed by atoms with E-state index in [0.29, 0.717) is 5.69 Å². The van der Waals surface area contributed by atoms with Gasteiger partial charge in [-0.2, -0.15) is 10.2 Å². The van der Waals surface area contributed by atoms with Gasteiger partial charge in [0.25, 0.3) is 0 Å². The van der Waals surface area contributed by atoms with Gasteiger partial charge in [-0.25, -0.2) is 13.3 Å². The molecule has 0 unspecified atom stereocenters. The lowest BCUT2D eigenvalue weighted by molar-refractivity contribution is 0.584. The topological polar surface area (TPSA) is 43.1 Å². The van der Waals surface area contributed by atoms with Crippen LogP contribution in [0.15, 0.2) is 30.5 Å². The van der Waals surface area contributed by atoms with Crippen molar-refractivity contribution in [2.24, 2.45) is 0 Å². The molecule has 0 saturated carbocycles. The summed E-state index contributed by atoms with van der Waals surface area (Å²) in [6, 6.07) is 5.07. The van der Waals surface area contributed by atoms with E-state index >= 15 is 0 Å². The van der Waals surface area contributed by atoms with Crippen molar-refractivity contribution in [1.82, 2.24) is 19.8 Å². The summed E-state index contributed by atoms with van der Waals surface area (Å²) >= 11 is 0. The molecule has 3 rings (SSSR count). The smallest absolute Gasteiger partial charge is 0.186 e. The van der Waals surface area contributed by atoms with E-state index in [1.54, 1.807) is 19.2 Å². The van der Waals surface area contributed by atoms with Crippen LogP contribution in [-0.4, -0.2) is 19.8 Å². The van der Waals surface area contributed by atoms with E-state index in [4.69, 9.17) is 0 Å². The SMILES string of the molecule is Cc1nnc(-c2ccc(F)cc2F)n2nccc12. The van der Waals surface area contributed by atoms with E-state index in [0.717, 1.165) is 11.6 Å². The van der Waals surface area contributed by atoms with Crippen molar-refractivity contribution < 1.29 is 8.78 Å². The van der Waals surface area contributed by atoms with Crippen LogP contribution in [0.3, 0.4) is 0 Å². The Hall–Kier alpha value is -2.37. The minimum Gasteiger partial charge on any atom is -0.211 e. The number of halogens is 2. The summed E-state index contributed by atoms with van der Waals surface area (Å²) in [5, 5.41) is 11.9. The standard InChI is InChI=1S/C12H8F2N4/c1-7-11-4-5-15-18(11)12(17-16-7)9-3-2-8(13)6-10(9)14/h2-6H,1H3. The fraction of sp³-hybridized carbons (Fsp3) is 0.0833. The monoisotopic (exact) mass is 246 g/mol. The Kier molecular flexibility index (Phi) is 2.29. The molecule has 4 nitrogen and oxygen atoms in total. The van der Waals surface area contributed by atoms with Gasteiger partial charge in [0.05, 0.1) is 23.0 Å². The van der Waals surface area contributed by atoms with Crippen molar-refractivity contribution in [1.29, 1.82) is 0 Å². The zero-order chi connectivity index (χ0) is 12.7. The zero-order valence-electron chi connectivity index (χ0n) is 9.43. The summed E-state index contributed by atoms with van der Waals surface area (Å²) in [5.74, 6) is -1.07. The molecule has 0 spiro atoms. The number of nitrogens with zero attached hydrogens (tertiary/aromatic N) is 4. The van der Waals surface area contributed by atoms with Gasteiger partial charge in [-0.1, -0.05) is 0 Å². The number of aryl methyl sites for hydroxylation is 1. The maximum atomic E-state index is 13.7. The van der Waals surface area contributed by atoms with E-state index in [2.05, 4.69) is 15.3 Å². The highest BCUT2D eigenvalue weighted by atomic mass is 19.1. The van der Waals surface area contributed by atoms with Crippen LogP contribution in [0.25, 0.3) is 16.9 Å². The molecule has 0 aliphatic carbocycles. The van der Waals surface area contributed by atoms with Gasteiger partial charge in [-0.15, -0.1) is 5.10 Å². The normalized spacial score (nSPS) is 11.1. The van der Waals surface area contributed by atoms with Gasteiger partial charge >= 0.3 is 0 Å². The summed E-state index contributed by atoms with van der Waals surface area (Å²) in [6.45, 7) is 1.79. The van der Waals surface area contributed by atoms with E-state index < -0.39 is 11.6 Å². The number of rotatable bonds is 1. The molecular formula is C12H8F2N4. The molecule has 0 aliphatic heterocycles. The second-order valence-electron chi connectivity index (χ2n) is 3.86. The quantitative estimate of drug-likeness (QED) is 0.662. The fourth-order valence-electron chi connectivity index (χ4n) is 1.80. The number of hydrogen-bond donors (Lipinski definition) is 0. The number of benzene rings is 1. The first-order valence-corrected chi connectivity index (χ1v) is 5.29. The van der Waals surface area contributed by atoms with Crippen molar-refractivity contribution in [2.45, 2.75) is 6.92 Å². The van der Waals surface area contributed by atoms with Crippen LogP contribution in [0.1, 0.15) is 5.69 Å². The number of hydrogen-bond acceptors (Lipinski definition) is 3. The second-order valence-corrected chi connectivity index (χ2v) is 3.86. The molecule has 2 aromatic heterocycles. The van der Waals surface area contributed by atoms with E-state index in [1.165, 1.54) is 16.6 Å². The number of aromatic nitrogens is 4. The van der Waals surface area contributed by atoms with Crippen molar-refractivity contribution in [3.8, 4) is 11.4 Å². The van der Waals surface area contributed by atoms with Crippen LogP contribution in [0.5, 0.6) is 0 Å². The first-order chi connectivity index (χ1) is 8.66. The van der Waals surface area contributed by atoms with Crippen LogP contribution < -0.4 is 0 Å². The lowest BCUT2D eigenvalue weighted by Crippen LogP contribution is -2.03. The summed E-state index contributed by atoms with van der Waals surface area (Å²) in [5.41, 5.74) is 1.60. The van der Waals surface area contributed by atoms with E-state index in [1.807, 2.05) is 0 Å². The third kappa shape index (κ3) is 1.54. The molecule has 0 N–H and O–H groups in total. The Morgan fingerprint density at radius 1 is 1.11 bits per heavy atom. The maximum Gasteiger partial charge on any atom is 0.186 e. The Morgan fingerprint density at radius 3 is 2.72 bits per heavy atom. The van der Waals surface area contributed by atoms with Gasteiger partial charge in [0.15, 0.2) is 5.82 Å². The summed E-state index contributed by atoms with van der Waals surface area (Å²) < 4.78 is 28.1. The van der Waals surface area contributed by atoms with Gasteiger partial charge < -0.3 is 0 Å². The number of fused-ring (bicyclic) bond motifs is 1. The van der Waals surface area contributed by atoms with Gasteiger partial charge in [0.2, 0.25) is 0 Å². The molecule has 1 aromatic carbocycles. The third-order valence-electron chi connectivity index (χ3n) is 2.68. The van der Waals surface area contributed by atoms with Crippen LogP contribution in [0.2, 0.25) is 0 Å². The first-order valence-electron chi connectivity index (χ1n) is 5.29. The Balaban J connectivity index is 2.32. The summed E-state index contributed by atoms with van der Waals surface area (Å²) in [6.07, 6.45) is 1.58. The predicted molar refractivity (Wildman–Crippen MR) is 60.9 cm³/mol. The predicted octanol–water partition coefficient (Wildman–Crippen LogP) is 2.38. The van der Waals surface area contributed by atoms with Gasteiger partial charge in [-0.3, -0.25) is 0 Å². The molecule has 90 valence electrons. The van der Waals surface area contributed by atoms with Gasteiger partial charge in [0.1, 0.15) is 11.6 Å². The molecule has 0 amide bonds. The minimum atomic E-state index is -0.690. The molecule has 0 atom stereocenters. The van der Waals surface area contributed by atoms with E-state index in [9.17, 15) is 8.78 Å². The van der Waals surface area contributed by atoms with Crippen molar-refractivity contribution in [2.75, 3.05) is 0 Å². The molecule has 0 saturated heterocycles. The second kappa shape index (κ2) is 3.83. The molecule has 18 heavy (non-hydrogen) atoms. The Labute approximate surface area is 101 Å². The van der Waals surface area contributed by atoms with E-state index in [-0.39, 0.29) is 11.4 Å². The average molecular weight is 246 g/mol. The molecule has 0 radical (unpaired) electrons. The lowest BCUT2D eigenvalue weighted by atomic mass is 10.2. The van der Waals surface area contributed by atoms with Crippen molar-refractivity contribution in [3.63, 3.8) is 0 Å². The third-order valence-corrected chi connectivity index (χ3v) is 2.68. The first kappa shape index (κ1) is 10.8. The highest BCUT2D eigenvalue weighted by Gasteiger charge is 2.13. The highest BCUT2D eigenvalue weighted by Crippen LogP contribution is 2.22. The average Bonchev–Trinajstić information content (AvgIpc) is 2.81. The molecule has 2 heterocycles. The van der Waals surface area contributed by atoms with Crippen LogP contribution >= 0.6 is 0 Å². The Bertz CT molecular complexity index is 736. The van der Waals surface area contributed by atoms with Crippen LogP contribution in [0.4, 0.5) is 8.78 Å². The zero-order valence-corrected chi connectivity index (χ0v) is 9.43. The Morgan fingerprint density at radius 2 is 1.94 bits per heavy atom. The molecule has 0 aliphatic rings. The minimum absolute atomic E-state index is 0.164. The molecule has 6 heteroatoms. The van der Waals surface area contributed by atoms with Crippen molar-refractivity contribution in [3.05, 3.63) is 47.8 Å². The van der Waals surface area contributed by atoms with Gasteiger partial charge in [0, 0.05) is 6.07 Å². The fourth-order valence-corrected chi connectivity index (χ4v) is 1.80. The maximum absolute atomic E-state index is 13.7. The van der Waals surface area contributed by atoms with Crippen LogP contribution in [-0.2, 0) is 0 Å². The van der Waals surface area contributed by atoms with Gasteiger partial charge in [-0.05, 0) is 25.1 Å².